The largest absolute Gasteiger partial charge is 0.355 e. The number of amides is 1. The van der Waals surface area contributed by atoms with Crippen LogP contribution in [0.5, 0.6) is 0 Å². The average molecular weight is 151 g/mol. The normalized spacial score (nSPS) is 9.56. The molecule has 0 aliphatic heterocycles. The van der Waals surface area contributed by atoms with Gasteiger partial charge in [-0.2, -0.15) is 0 Å². The Kier molecular flexibility index (Phi) is 4.04. The van der Waals surface area contributed by atoms with Crippen molar-refractivity contribution >= 4 is 16.6 Å². The summed E-state index contributed by atoms with van der Waals surface area (Å²) in [5, 5.41) is 2.35. The Bertz CT molecular complexity index is 155. The van der Waals surface area contributed by atoms with Gasteiger partial charge in [-0.15, -0.1) is 0 Å². The first-order chi connectivity index (χ1) is 4.13. The summed E-state index contributed by atoms with van der Waals surface area (Å²) in [5.74, 6) is -0.179. The summed E-state index contributed by atoms with van der Waals surface area (Å²) in [6.07, 6.45) is 0. The van der Waals surface area contributed by atoms with Gasteiger partial charge >= 0.3 is 0 Å². The van der Waals surface area contributed by atoms with Crippen molar-refractivity contribution in [2.45, 2.75) is 6.92 Å². The van der Waals surface area contributed by atoms with Crippen LogP contribution in [-0.2, 0) is 15.5 Å². The summed E-state index contributed by atoms with van der Waals surface area (Å²) in [6, 6.07) is 0. The van der Waals surface area contributed by atoms with Crippen molar-refractivity contribution in [3.05, 3.63) is 0 Å². The van der Waals surface area contributed by atoms with Crippen LogP contribution in [0.2, 0.25) is 0 Å². The van der Waals surface area contributed by atoms with Gasteiger partial charge in [0.2, 0.25) is 5.91 Å². The zero-order valence-corrected chi connectivity index (χ0v) is 5.98. The molecule has 0 aliphatic rings. The minimum Gasteiger partial charge on any atom is -0.355 e. The molecule has 0 aromatic carbocycles. The summed E-state index contributed by atoms with van der Waals surface area (Å²) in [7, 11) is -2.35. The van der Waals surface area contributed by atoms with E-state index in [1.54, 1.807) is 0 Å². The fourth-order valence-electron chi connectivity index (χ4n) is 0.323. The van der Waals surface area contributed by atoms with Crippen molar-refractivity contribution in [3.63, 3.8) is 0 Å². The van der Waals surface area contributed by atoms with Crippen molar-refractivity contribution < 1.29 is 13.2 Å². The van der Waals surface area contributed by atoms with Crippen LogP contribution in [0.25, 0.3) is 0 Å². The lowest BCUT2D eigenvalue weighted by Gasteiger charge is -1.93. The fraction of sp³-hybridized carbons (Fsp3) is 0.750. The SMILES string of the molecule is CC(=O)NCC[SH](=O)=O. The van der Waals surface area contributed by atoms with E-state index < -0.39 is 10.7 Å². The predicted octanol–water partition coefficient (Wildman–Crippen LogP) is -1.27. The molecule has 0 unspecified atom stereocenters. The molecule has 9 heavy (non-hydrogen) atoms. The molecule has 0 aromatic rings. The summed E-state index contributed by atoms with van der Waals surface area (Å²) >= 11 is 0. The third-order valence-electron chi connectivity index (χ3n) is 0.668. The van der Waals surface area contributed by atoms with Gasteiger partial charge < -0.3 is 5.32 Å². The average Bonchev–Trinajstić information content (AvgIpc) is 1.63. The third-order valence-corrected chi connectivity index (χ3v) is 1.26. The molecule has 0 bridgehead atoms. The molecule has 1 N–H and O–H groups in total. The van der Waals surface area contributed by atoms with E-state index in [1.165, 1.54) is 6.92 Å². The van der Waals surface area contributed by atoms with Gasteiger partial charge in [0, 0.05) is 13.5 Å². The smallest absolute Gasteiger partial charge is 0.216 e. The number of hydrogen-bond acceptors (Lipinski definition) is 3. The molecular formula is C4H9NO3S. The lowest BCUT2D eigenvalue weighted by Crippen LogP contribution is -2.23. The first-order valence-electron chi connectivity index (χ1n) is 2.49. The van der Waals surface area contributed by atoms with Crippen molar-refractivity contribution in [2.75, 3.05) is 12.3 Å². The second-order valence-corrected chi connectivity index (χ2v) is 2.65. The van der Waals surface area contributed by atoms with Gasteiger partial charge in [0.15, 0.2) is 0 Å². The highest BCUT2D eigenvalue weighted by molar-refractivity contribution is 7.72. The zero-order chi connectivity index (χ0) is 7.28. The van der Waals surface area contributed by atoms with Gasteiger partial charge in [-0.25, -0.2) is 8.42 Å². The Labute approximate surface area is 55.2 Å². The van der Waals surface area contributed by atoms with E-state index in [2.05, 4.69) is 5.32 Å². The molecule has 0 aromatic heterocycles. The molecule has 0 aliphatic carbocycles. The van der Waals surface area contributed by atoms with Crippen LogP contribution < -0.4 is 5.32 Å². The fourth-order valence-corrected chi connectivity index (χ4v) is 0.618. The monoisotopic (exact) mass is 151 g/mol. The maximum atomic E-state index is 10.1. The van der Waals surface area contributed by atoms with E-state index in [1.807, 2.05) is 0 Å². The third kappa shape index (κ3) is 7.42. The minimum atomic E-state index is -2.35. The second-order valence-electron chi connectivity index (χ2n) is 1.54. The van der Waals surface area contributed by atoms with Crippen molar-refractivity contribution in [3.8, 4) is 0 Å². The first kappa shape index (κ1) is 8.42. The molecular weight excluding hydrogens is 142 g/mol. The Balaban J connectivity index is 3.21. The summed E-state index contributed by atoms with van der Waals surface area (Å²) < 4.78 is 19.7. The highest BCUT2D eigenvalue weighted by atomic mass is 32.2. The Morgan fingerprint density at radius 3 is 2.44 bits per heavy atom. The molecule has 0 spiro atoms. The molecule has 0 saturated heterocycles. The van der Waals surface area contributed by atoms with Crippen LogP contribution in [-0.4, -0.2) is 26.6 Å². The number of carbonyl (C=O) groups excluding carboxylic acids is 1. The highest BCUT2D eigenvalue weighted by Crippen LogP contribution is 1.63. The van der Waals surface area contributed by atoms with Crippen molar-refractivity contribution in [1.82, 2.24) is 5.32 Å². The summed E-state index contributed by atoms with van der Waals surface area (Å²) in [6.45, 7) is 1.56. The number of hydrogen-bond donors (Lipinski definition) is 2. The van der Waals surface area contributed by atoms with E-state index in [4.69, 9.17) is 0 Å². The number of carbonyl (C=O) groups is 1. The minimum absolute atomic E-state index is 0.0227. The number of rotatable bonds is 3. The number of thiol groups is 1. The molecule has 0 radical (unpaired) electrons. The van der Waals surface area contributed by atoms with Gasteiger partial charge in [0.1, 0.15) is 10.7 Å². The lowest BCUT2D eigenvalue weighted by atomic mass is 10.6. The molecule has 0 fully saturated rings. The number of nitrogens with one attached hydrogen (secondary N) is 1. The zero-order valence-electron chi connectivity index (χ0n) is 5.09. The van der Waals surface area contributed by atoms with E-state index in [0.29, 0.717) is 0 Å². The first-order valence-corrected chi connectivity index (χ1v) is 3.85. The van der Waals surface area contributed by atoms with Crippen molar-refractivity contribution in [1.29, 1.82) is 0 Å². The van der Waals surface area contributed by atoms with Crippen LogP contribution in [0, 0.1) is 0 Å². The molecule has 0 atom stereocenters. The van der Waals surface area contributed by atoms with Crippen LogP contribution in [0.3, 0.4) is 0 Å². The molecule has 0 saturated carbocycles. The molecule has 5 heteroatoms. The maximum Gasteiger partial charge on any atom is 0.216 e. The quantitative estimate of drug-likeness (QED) is 0.494. The van der Waals surface area contributed by atoms with Gasteiger partial charge in [0.05, 0.1) is 5.75 Å². The molecule has 54 valence electrons. The van der Waals surface area contributed by atoms with Gasteiger partial charge in [-0.1, -0.05) is 0 Å². The molecule has 4 nitrogen and oxygen atoms in total. The van der Waals surface area contributed by atoms with Crippen molar-refractivity contribution in [2.24, 2.45) is 0 Å². The Morgan fingerprint density at radius 1 is 1.56 bits per heavy atom. The topological polar surface area (TPSA) is 63.2 Å². The molecule has 0 heterocycles. The van der Waals surface area contributed by atoms with E-state index >= 15 is 0 Å². The van der Waals surface area contributed by atoms with Crippen LogP contribution in [0.1, 0.15) is 6.92 Å². The van der Waals surface area contributed by atoms with E-state index in [9.17, 15) is 13.2 Å². The van der Waals surface area contributed by atoms with Crippen LogP contribution >= 0.6 is 0 Å². The van der Waals surface area contributed by atoms with Gasteiger partial charge in [0.25, 0.3) is 0 Å². The lowest BCUT2D eigenvalue weighted by molar-refractivity contribution is -0.118. The van der Waals surface area contributed by atoms with E-state index in [-0.39, 0.29) is 18.2 Å². The summed E-state index contributed by atoms with van der Waals surface area (Å²) in [5.41, 5.74) is 0. The Hall–Kier alpha value is -0.580. The standard InChI is InChI=1S/C4H9NO3S/c1-4(6)5-2-3-9(7)8/h9H,2-3H2,1H3,(H,5,6). The summed E-state index contributed by atoms with van der Waals surface area (Å²) in [4.78, 5) is 10.1. The highest BCUT2D eigenvalue weighted by Gasteiger charge is 1.89. The maximum absolute atomic E-state index is 10.1. The van der Waals surface area contributed by atoms with Gasteiger partial charge in [-0.3, -0.25) is 4.79 Å². The molecule has 1 amide bonds. The van der Waals surface area contributed by atoms with Gasteiger partial charge in [-0.05, 0) is 0 Å². The second kappa shape index (κ2) is 4.31. The van der Waals surface area contributed by atoms with E-state index in [0.717, 1.165) is 0 Å². The molecule has 0 rings (SSSR count). The Morgan fingerprint density at radius 2 is 2.11 bits per heavy atom. The predicted molar refractivity (Wildman–Crippen MR) is 33.9 cm³/mol. The van der Waals surface area contributed by atoms with Crippen LogP contribution in [0.4, 0.5) is 0 Å². The van der Waals surface area contributed by atoms with Crippen LogP contribution in [0.15, 0.2) is 0 Å².